The van der Waals surface area contributed by atoms with E-state index < -0.39 is 17.7 Å². The van der Waals surface area contributed by atoms with Gasteiger partial charge in [0.05, 0.1) is 12.6 Å². The van der Waals surface area contributed by atoms with Crippen molar-refractivity contribution in [3.63, 3.8) is 0 Å². The summed E-state index contributed by atoms with van der Waals surface area (Å²) in [6, 6.07) is 2.52. The topological polar surface area (TPSA) is 49.4 Å². The van der Waals surface area contributed by atoms with Gasteiger partial charge in [-0.05, 0) is 25.1 Å². The summed E-state index contributed by atoms with van der Waals surface area (Å²) in [5, 5.41) is 2.66. The van der Waals surface area contributed by atoms with Gasteiger partial charge < -0.3 is 5.32 Å². The molecule has 2 rings (SSSR count). The third-order valence-electron chi connectivity index (χ3n) is 3.20. The molecule has 1 aromatic rings. The molecule has 1 fully saturated rings. The predicted molar refractivity (Wildman–Crippen MR) is 64.7 cm³/mol. The molecule has 1 heterocycles. The summed E-state index contributed by atoms with van der Waals surface area (Å²) in [7, 11) is 0. The number of carbonyl (C=O) groups is 2. The zero-order chi connectivity index (χ0) is 14.0. The van der Waals surface area contributed by atoms with Gasteiger partial charge in [-0.15, -0.1) is 0 Å². The smallest absolute Gasteiger partial charge is 0.234 e. The predicted octanol–water partition coefficient (Wildman–Crippen LogP) is 0.968. The van der Waals surface area contributed by atoms with Crippen LogP contribution in [0.15, 0.2) is 18.2 Å². The molecule has 1 amide bonds. The van der Waals surface area contributed by atoms with Gasteiger partial charge in [0, 0.05) is 18.7 Å². The molecule has 102 valence electrons. The molecule has 0 aliphatic carbocycles. The van der Waals surface area contributed by atoms with Gasteiger partial charge in [-0.25, -0.2) is 8.78 Å². The van der Waals surface area contributed by atoms with Gasteiger partial charge >= 0.3 is 0 Å². The Bertz CT molecular complexity index is 519. The third-order valence-corrected chi connectivity index (χ3v) is 3.20. The average Bonchev–Trinajstić information content (AvgIpc) is 2.40. The summed E-state index contributed by atoms with van der Waals surface area (Å²) >= 11 is 0. The fraction of sp³-hybridized carbons (Fsp3) is 0.385. The van der Waals surface area contributed by atoms with E-state index in [9.17, 15) is 18.4 Å². The number of amides is 1. The maximum atomic E-state index is 13.1. The lowest BCUT2D eigenvalue weighted by Gasteiger charge is -2.31. The van der Waals surface area contributed by atoms with E-state index in [0.717, 1.165) is 12.1 Å². The number of ketones is 1. The molecular formula is C13H14F2N2O2. The molecule has 6 heteroatoms. The van der Waals surface area contributed by atoms with E-state index >= 15 is 0 Å². The number of benzene rings is 1. The van der Waals surface area contributed by atoms with E-state index in [4.69, 9.17) is 0 Å². The maximum absolute atomic E-state index is 13.1. The quantitative estimate of drug-likeness (QED) is 0.831. The highest BCUT2D eigenvalue weighted by atomic mass is 19.2. The summed E-state index contributed by atoms with van der Waals surface area (Å²) in [6.45, 7) is 2.83. The van der Waals surface area contributed by atoms with Crippen LogP contribution in [0.2, 0.25) is 0 Å². The van der Waals surface area contributed by atoms with Crippen molar-refractivity contribution in [3.8, 4) is 0 Å². The molecule has 0 saturated carbocycles. The lowest BCUT2D eigenvalue weighted by atomic mass is 10.0. The Balaban J connectivity index is 2.13. The number of piperazine rings is 1. The van der Waals surface area contributed by atoms with Gasteiger partial charge in [-0.2, -0.15) is 0 Å². The van der Waals surface area contributed by atoms with Crippen molar-refractivity contribution >= 4 is 11.7 Å². The van der Waals surface area contributed by atoms with Crippen LogP contribution in [0.3, 0.4) is 0 Å². The van der Waals surface area contributed by atoms with E-state index in [-0.39, 0.29) is 23.8 Å². The van der Waals surface area contributed by atoms with Crippen molar-refractivity contribution in [1.82, 2.24) is 10.2 Å². The van der Waals surface area contributed by atoms with Crippen LogP contribution in [0.5, 0.6) is 0 Å². The van der Waals surface area contributed by atoms with Crippen LogP contribution in [-0.2, 0) is 4.79 Å². The van der Waals surface area contributed by atoms with Crippen LogP contribution in [-0.4, -0.2) is 42.3 Å². The maximum Gasteiger partial charge on any atom is 0.234 e. The number of nitrogens with zero attached hydrogens (tertiary/aromatic N) is 1. The summed E-state index contributed by atoms with van der Waals surface area (Å²) in [5.74, 6) is -2.50. The molecule has 1 aromatic carbocycles. The fourth-order valence-corrected chi connectivity index (χ4v) is 2.05. The highest BCUT2D eigenvalue weighted by Crippen LogP contribution is 2.13. The highest BCUT2D eigenvalue weighted by molar-refractivity contribution is 6.00. The average molecular weight is 268 g/mol. The SMILES string of the molecule is CC(C(=O)c1ccc(F)c(F)c1)N1CCNC(=O)C1. The largest absolute Gasteiger partial charge is 0.354 e. The zero-order valence-electron chi connectivity index (χ0n) is 10.5. The Morgan fingerprint density at radius 2 is 2.11 bits per heavy atom. The second kappa shape index (κ2) is 5.44. The number of carbonyl (C=O) groups excluding carboxylic acids is 2. The standard InChI is InChI=1S/C13H14F2N2O2/c1-8(17-5-4-16-12(18)7-17)13(19)9-2-3-10(14)11(15)6-9/h2-3,6,8H,4-5,7H2,1H3,(H,16,18). The molecule has 1 unspecified atom stereocenters. The summed E-state index contributed by atoms with van der Waals surface area (Å²) in [6.07, 6.45) is 0. The number of hydrogen-bond acceptors (Lipinski definition) is 3. The molecule has 0 radical (unpaired) electrons. The Morgan fingerprint density at radius 3 is 2.74 bits per heavy atom. The normalized spacial score (nSPS) is 17.9. The Labute approximate surface area is 109 Å². The molecular weight excluding hydrogens is 254 g/mol. The minimum atomic E-state index is -1.05. The zero-order valence-corrected chi connectivity index (χ0v) is 10.5. The fourth-order valence-electron chi connectivity index (χ4n) is 2.05. The van der Waals surface area contributed by atoms with Gasteiger partial charge in [-0.3, -0.25) is 14.5 Å². The molecule has 1 saturated heterocycles. The van der Waals surface area contributed by atoms with E-state index in [2.05, 4.69) is 5.32 Å². The minimum Gasteiger partial charge on any atom is -0.354 e. The van der Waals surface area contributed by atoms with Crippen molar-refractivity contribution in [2.45, 2.75) is 13.0 Å². The van der Waals surface area contributed by atoms with Gasteiger partial charge in [0.25, 0.3) is 0 Å². The van der Waals surface area contributed by atoms with Crippen molar-refractivity contribution in [2.75, 3.05) is 19.6 Å². The first-order valence-corrected chi connectivity index (χ1v) is 5.99. The van der Waals surface area contributed by atoms with Gasteiger partial charge in [0.2, 0.25) is 5.91 Å². The van der Waals surface area contributed by atoms with Crippen LogP contribution in [0, 0.1) is 11.6 Å². The molecule has 4 nitrogen and oxygen atoms in total. The van der Waals surface area contributed by atoms with Crippen molar-refractivity contribution in [1.29, 1.82) is 0 Å². The number of hydrogen-bond donors (Lipinski definition) is 1. The van der Waals surface area contributed by atoms with E-state index in [1.807, 2.05) is 0 Å². The Hall–Kier alpha value is -1.82. The third kappa shape index (κ3) is 2.96. The van der Waals surface area contributed by atoms with Crippen molar-refractivity contribution in [2.24, 2.45) is 0 Å². The molecule has 0 aromatic heterocycles. The number of Topliss-reactive ketones (excluding diaryl/α,β-unsaturated/α-hetero) is 1. The van der Waals surface area contributed by atoms with Crippen LogP contribution >= 0.6 is 0 Å². The van der Waals surface area contributed by atoms with E-state index in [1.54, 1.807) is 11.8 Å². The Morgan fingerprint density at radius 1 is 1.37 bits per heavy atom. The molecule has 1 aliphatic heterocycles. The molecule has 0 bridgehead atoms. The minimum absolute atomic E-state index is 0.109. The summed E-state index contributed by atoms with van der Waals surface area (Å²) in [5.41, 5.74) is 0.109. The summed E-state index contributed by atoms with van der Waals surface area (Å²) < 4.78 is 25.9. The molecule has 0 spiro atoms. The van der Waals surface area contributed by atoms with Crippen LogP contribution < -0.4 is 5.32 Å². The first kappa shape index (κ1) is 13.6. The first-order chi connectivity index (χ1) is 8.99. The molecule has 1 atom stereocenters. The van der Waals surface area contributed by atoms with Crippen LogP contribution in [0.4, 0.5) is 8.78 Å². The number of nitrogens with one attached hydrogen (secondary N) is 1. The second-order valence-electron chi connectivity index (χ2n) is 4.49. The number of halogens is 2. The van der Waals surface area contributed by atoms with Crippen LogP contribution in [0.25, 0.3) is 0 Å². The number of rotatable bonds is 3. The van der Waals surface area contributed by atoms with E-state index in [0.29, 0.717) is 13.1 Å². The van der Waals surface area contributed by atoms with Gasteiger partial charge in [-0.1, -0.05) is 0 Å². The van der Waals surface area contributed by atoms with Gasteiger partial charge in [0.1, 0.15) is 0 Å². The molecule has 1 aliphatic rings. The van der Waals surface area contributed by atoms with Crippen LogP contribution in [0.1, 0.15) is 17.3 Å². The first-order valence-electron chi connectivity index (χ1n) is 5.99. The van der Waals surface area contributed by atoms with Gasteiger partial charge in [0.15, 0.2) is 17.4 Å². The molecule has 19 heavy (non-hydrogen) atoms. The second-order valence-corrected chi connectivity index (χ2v) is 4.49. The Kier molecular flexibility index (Phi) is 3.90. The van der Waals surface area contributed by atoms with Crippen molar-refractivity contribution in [3.05, 3.63) is 35.4 Å². The van der Waals surface area contributed by atoms with E-state index in [1.165, 1.54) is 6.07 Å². The highest BCUT2D eigenvalue weighted by Gasteiger charge is 2.27. The molecule has 1 N–H and O–H groups in total. The lowest BCUT2D eigenvalue weighted by molar-refractivity contribution is -0.124. The monoisotopic (exact) mass is 268 g/mol. The summed E-state index contributed by atoms with van der Waals surface area (Å²) in [4.78, 5) is 25.1. The lowest BCUT2D eigenvalue weighted by Crippen LogP contribution is -2.52. The van der Waals surface area contributed by atoms with Crippen molar-refractivity contribution < 1.29 is 18.4 Å².